The van der Waals surface area contributed by atoms with Crippen LogP contribution < -0.4 is 11.1 Å². The number of hydrogen-bond donors (Lipinski definition) is 2. The number of carbonyl (C=O) groups is 2. The fraction of sp³-hybridized carbons (Fsp3) is 0.200. The predicted molar refractivity (Wildman–Crippen MR) is 80.8 cm³/mol. The molecule has 0 spiro atoms. The molecule has 0 atom stereocenters. The van der Waals surface area contributed by atoms with Gasteiger partial charge in [0.2, 0.25) is 11.7 Å². The van der Waals surface area contributed by atoms with Gasteiger partial charge >= 0.3 is 0 Å². The smallest absolute Gasteiger partial charge is 0.222 e. The summed E-state index contributed by atoms with van der Waals surface area (Å²) < 4.78 is 0. The molecule has 0 radical (unpaired) electrons. The average Bonchev–Trinajstić information content (AvgIpc) is 2.46. The van der Waals surface area contributed by atoms with Crippen LogP contribution in [0.5, 0.6) is 0 Å². The zero-order chi connectivity index (χ0) is 15.4. The number of benzene rings is 1. The van der Waals surface area contributed by atoms with Crippen molar-refractivity contribution in [2.45, 2.75) is 13.3 Å². The van der Waals surface area contributed by atoms with Crippen molar-refractivity contribution >= 4 is 23.3 Å². The van der Waals surface area contributed by atoms with Crippen molar-refractivity contribution in [3.05, 3.63) is 35.9 Å². The van der Waals surface area contributed by atoms with E-state index in [1.54, 1.807) is 19.2 Å². The molecule has 0 amide bonds. The lowest BCUT2D eigenvalue weighted by Crippen LogP contribution is -2.12. The van der Waals surface area contributed by atoms with Crippen LogP contribution in [-0.4, -0.2) is 28.6 Å². The second-order valence-corrected chi connectivity index (χ2v) is 4.60. The fourth-order valence-corrected chi connectivity index (χ4v) is 1.89. The molecule has 1 heterocycles. The van der Waals surface area contributed by atoms with Gasteiger partial charge in [-0.3, -0.25) is 9.59 Å². The van der Waals surface area contributed by atoms with Crippen LogP contribution in [0.3, 0.4) is 0 Å². The average molecular weight is 284 g/mol. The van der Waals surface area contributed by atoms with Crippen molar-refractivity contribution in [1.29, 1.82) is 0 Å². The van der Waals surface area contributed by atoms with Gasteiger partial charge in [0.05, 0.1) is 5.69 Å². The number of nitrogens with two attached hydrogens (primary N) is 1. The molecule has 1 aromatic carbocycles. The highest BCUT2D eigenvalue weighted by molar-refractivity contribution is 6.36. The molecule has 2 rings (SSSR count). The summed E-state index contributed by atoms with van der Waals surface area (Å²) in [5.41, 5.74) is 7.90. The van der Waals surface area contributed by atoms with Crippen LogP contribution in [-0.2, 0) is 16.0 Å². The number of Topliss-reactive ketones (excluding diaryl/α,β-unsaturated/α-hetero) is 2. The third-order valence-corrected chi connectivity index (χ3v) is 2.98. The second kappa shape index (κ2) is 6.13. The Morgan fingerprint density at radius 2 is 2.00 bits per heavy atom. The molecule has 0 unspecified atom stereocenters. The fourth-order valence-electron chi connectivity index (χ4n) is 1.89. The van der Waals surface area contributed by atoms with Gasteiger partial charge in [0.15, 0.2) is 5.78 Å². The second-order valence-electron chi connectivity index (χ2n) is 4.60. The van der Waals surface area contributed by atoms with Crippen molar-refractivity contribution in [3.8, 4) is 11.3 Å². The lowest BCUT2D eigenvalue weighted by molar-refractivity contribution is -0.134. The first kappa shape index (κ1) is 14.6. The molecular formula is C15H16N4O2. The van der Waals surface area contributed by atoms with Gasteiger partial charge in [-0.2, -0.15) is 4.98 Å². The summed E-state index contributed by atoms with van der Waals surface area (Å²) in [6.07, 6.45) is 0.0859. The Bertz CT molecular complexity index is 698. The maximum atomic E-state index is 11.5. The van der Waals surface area contributed by atoms with Crippen LogP contribution >= 0.6 is 0 Å². The highest BCUT2D eigenvalue weighted by Crippen LogP contribution is 2.21. The number of nitrogens with one attached hydrogen (secondary N) is 1. The number of nitrogens with zero attached hydrogens (tertiary/aromatic N) is 2. The maximum Gasteiger partial charge on any atom is 0.222 e. The molecule has 6 nitrogen and oxygen atoms in total. The first-order valence-electron chi connectivity index (χ1n) is 6.45. The monoisotopic (exact) mass is 284 g/mol. The van der Waals surface area contributed by atoms with Gasteiger partial charge in [0.1, 0.15) is 5.82 Å². The van der Waals surface area contributed by atoms with E-state index in [9.17, 15) is 9.59 Å². The van der Waals surface area contributed by atoms with E-state index in [-0.39, 0.29) is 12.4 Å². The SMILES string of the molecule is CNc1cc(-c2cccc(CC(=O)C(C)=O)c2)nc(N)n1. The molecule has 6 heteroatoms. The van der Waals surface area contributed by atoms with Crippen molar-refractivity contribution in [1.82, 2.24) is 9.97 Å². The summed E-state index contributed by atoms with van der Waals surface area (Å²) in [5.74, 6) is -0.0702. The van der Waals surface area contributed by atoms with Crippen LogP contribution in [0.1, 0.15) is 12.5 Å². The molecule has 0 saturated heterocycles. The zero-order valence-electron chi connectivity index (χ0n) is 11.9. The Hall–Kier alpha value is -2.76. The van der Waals surface area contributed by atoms with Crippen molar-refractivity contribution < 1.29 is 9.59 Å². The number of aromatic nitrogens is 2. The number of nitrogen functional groups attached to an aromatic ring is 1. The van der Waals surface area contributed by atoms with Crippen LogP contribution in [0.15, 0.2) is 30.3 Å². The summed E-state index contributed by atoms with van der Waals surface area (Å²) in [4.78, 5) is 30.8. The molecule has 21 heavy (non-hydrogen) atoms. The Balaban J connectivity index is 2.35. The van der Waals surface area contributed by atoms with E-state index in [2.05, 4.69) is 15.3 Å². The molecule has 0 saturated carbocycles. The van der Waals surface area contributed by atoms with E-state index in [0.717, 1.165) is 11.1 Å². The third kappa shape index (κ3) is 3.62. The topological polar surface area (TPSA) is 98.0 Å². The third-order valence-electron chi connectivity index (χ3n) is 2.98. The van der Waals surface area contributed by atoms with Crippen LogP contribution in [0.2, 0.25) is 0 Å². The van der Waals surface area contributed by atoms with Gasteiger partial charge in [0.25, 0.3) is 0 Å². The van der Waals surface area contributed by atoms with Gasteiger partial charge in [-0.15, -0.1) is 0 Å². The summed E-state index contributed by atoms with van der Waals surface area (Å²) in [6, 6.07) is 9.07. The van der Waals surface area contributed by atoms with Gasteiger partial charge in [-0.1, -0.05) is 18.2 Å². The molecule has 0 fully saturated rings. The minimum Gasteiger partial charge on any atom is -0.373 e. The van der Waals surface area contributed by atoms with Crippen LogP contribution in [0.25, 0.3) is 11.3 Å². The summed E-state index contributed by atoms with van der Waals surface area (Å²) in [5, 5.41) is 2.91. The zero-order valence-corrected chi connectivity index (χ0v) is 11.9. The molecule has 2 aromatic rings. The maximum absolute atomic E-state index is 11.5. The van der Waals surface area contributed by atoms with E-state index < -0.39 is 11.6 Å². The first-order chi connectivity index (χ1) is 9.99. The largest absolute Gasteiger partial charge is 0.373 e. The van der Waals surface area contributed by atoms with Crippen molar-refractivity contribution in [3.63, 3.8) is 0 Å². The molecular weight excluding hydrogens is 268 g/mol. The lowest BCUT2D eigenvalue weighted by Gasteiger charge is -2.07. The molecule has 0 aliphatic carbocycles. The minimum absolute atomic E-state index is 0.0859. The molecule has 0 bridgehead atoms. The Morgan fingerprint density at radius 3 is 2.67 bits per heavy atom. The Labute approximate surface area is 122 Å². The highest BCUT2D eigenvalue weighted by atomic mass is 16.2. The van der Waals surface area contributed by atoms with Crippen molar-refractivity contribution in [2.75, 3.05) is 18.1 Å². The van der Waals surface area contributed by atoms with E-state index in [1.807, 2.05) is 18.2 Å². The number of rotatable bonds is 5. The lowest BCUT2D eigenvalue weighted by atomic mass is 10.0. The quantitative estimate of drug-likeness (QED) is 0.807. The normalized spacial score (nSPS) is 10.2. The number of carbonyl (C=O) groups excluding carboxylic acids is 2. The van der Waals surface area contributed by atoms with Crippen LogP contribution in [0.4, 0.5) is 11.8 Å². The summed E-state index contributed by atoms with van der Waals surface area (Å²) in [6.45, 7) is 1.27. The number of hydrogen-bond acceptors (Lipinski definition) is 6. The molecule has 1 aromatic heterocycles. The molecule has 108 valence electrons. The van der Waals surface area contributed by atoms with E-state index >= 15 is 0 Å². The highest BCUT2D eigenvalue weighted by Gasteiger charge is 2.10. The summed E-state index contributed by atoms with van der Waals surface area (Å²) >= 11 is 0. The van der Waals surface area contributed by atoms with Gasteiger partial charge in [-0.25, -0.2) is 4.98 Å². The minimum atomic E-state index is -0.441. The molecule has 0 aliphatic rings. The molecule has 3 N–H and O–H groups in total. The van der Waals surface area contributed by atoms with Crippen LogP contribution in [0, 0.1) is 0 Å². The predicted octanol–water partition coefficient (Wildman–Crippen LogP) is 1.47. The standard InChI is InChI=1S/C15H16N4O2/c1-9(20)13(21)7-10-4-3-5-11(6-10)12-8-14(17-2)19-15(16)18-12/h3-6,8H,7H2,1-2H3,(H3,16,17,18,19). The number of anilines is 2. The van der Waals surface area contributed by atoms with E-state index in [1.165, 1.54) is 6.92 Å². The number of ketones is 2. The molecule has 0 aliphatic heterocycles. The van der Waals surface area contributed by atoms with Gasteiger partial charge < -0.3 is 11.1 Å². The first-order valence-corrected chi connectivity index (χ1v) is 6.45. The summed E-state index contributed by atoms with van der Waals surface area (Å²) in [7, 11) is 1.74. The Kier molecular flexibility index (Phi) is 4.27. The van der Waals surface area contributed by atoms with Gasteiger partial charge in [0, 0.05) is 32.0 Å². The van der Waals surface area contributed by atoms with Crippen molar-refractivity contribution in [2.24, 2.45) is 0 Å². The van der Waals surface area contributed by atoms with Gasteiger partial charge in [-0.05, 0) is 11.6 Å². The van der Waals surface area contributed by atoms with E-state index in [0.29, 0.717) is 11.5 Å². The Morgan fingerprint density at radius 1 is 1.24 bits per heavy atom. The van der Waals surface area contributed by atoms with E-state index in [4.69, 9.17) is 5.73 Å².